The van der Waals surface area contributed by atoms with Gasteiger partial charge in [-0.05, 0) is 18.1 Å². The van der Waals surface area contributed by atoms with Crippen molar-refractivity contribution in [3.05, 3.63) is 70.8 Å². The van der Waals surface area contributed by atoms with Gasteiger partial charge in [0.2, 0.25) is 0 Å². The van der Waals surface area contributed by atoms with E-state index in [1.807, 2.05) is 49.4 Å². The summed E-state index contributed by atoms with van der Waals surface area (Å²) in [6, 6.07) is 15.1. The van der Waals surface area contributed by atoms with Gasteiger partial charge in [0.25, 0.3) is 0 Å². The van der Waals surface area contributed by atoms with Gasteiger partial charge in [-0.15, -0.1) is 0 Å². The molecule has 18 heavy (non-hydrogen) atoms. The molecule has 2 aromatic carbocycles. The first kappa shape index (κ1) is 11.2. The lowest BCUT2D eigenvalue weighted by molar-refractivity contribution is 0.0872. The fourth-order valence-corrected chi connectivity index (χ4v) is 2.67. The van der Waals surface area contributed by atoms with Gasteiger partial charge in [0.1, 0.15) is 0 Å². The topological polar surface area (TPSA) is 37.3 Å². The summed E-state index contributed by atoms with van der Waals surface area (Å²) in [7, 11) is 0. The van der Waals surface area contributed by atoms with Crippen LogP contribution in [0.15, 0.2) is 48.5 Å². The van der Waals surface area contributed by atoms with Crippen LogP contribution < -0.4 is 0 Å². The molecule has 2 heteroatoms. The second-order valence-corrected chi connectivity index (χ2v) is 4.79. The van der Waals surface area contributed by atoms with Gasteiger partial charge in [-0.2, -0.15) is 0 Å². The number of Topliss-reactive ketones (excluding diaryl/α,β-unsaturated/α-hetero) is 1. The Morgan fingerprint density at radius 2 is 1.83 bits per heavy atom. The minimum atomic E-state index is -0.726. The molecule has 0 amide bonds. The quantitative estimate of drug-likeness (QED) is 0.829. The van der Waals surface area contributed by atoms with Crippen LogP contribution in [-0.4, -0.2) is 10.9 Å². The molecule has 2 atom stereocenters. The number of benzene rings is 2. The summed E-state index contributed by atoms with van der Waals surface area (Å²) < 4.78 is 0. The van der Waals surface area contributed by atoms with E-state index in [0.29, 0.717) is 5.56 Å². The van der Waals surface area contributed by atoms with Crippen molar-refractivity contribution in [1.82, 2.24) is 0 Å². The van der Waals surface area contributed by atoms with Crippen LogP contribution in [0.3, 0.4) is 0 Å². The van der Waals surface area contributed by atoms with E-state index in [-0.39, 0.29) is 5.78 Å². The maximum Gasteiger partial charge on any atom is 0.173 e. The molecule has 0 saturated heterocycles. The van der Waals surface area contributed by atoms with E-state index in [9.17, 15) is 9.90 Å². The molecule has 0 radical (unpaired) electrons. The van der Waals surface area contributed by atoms with E-state index in [1.165, 1.54) is 0 Å². The monoisotopic (exact) mass is 238 g/mol. The SMILES string of the molecule is Cc1cccc(C2C(=O)c3ccccc3C2O)c1. The number of carbonyl (C=O) groups excluding carboxylic acids is 1. The zero-order chi connectivity index (χ0) is 12.7. The van der Waals surface area contributed by atoms with Crippen molar-refractivity contribution in [2.45, 2.75) is 18.9 Å². The fourth-order valence-electron chi connectivity index (χ4n) is 2.67. The van der Waals surface area contributed by atoms with E-state index in [1.54, 1.807) is 6.07 Å². The first-order valence-corrected chi connectivity index (χ1v) is 6.06. The van der Waals surface area contributed by atoms with Crippen molar-refractivity contribution in [3.63, 3.8) is 0 Å². The minimum absolute atomic E-state index is 0.0173. The molecule has 2 nitrogen and oxygen atoms in total. The fraction of sp³-hybridized carbons (Fsp3) is 0.188. The molecule has 0 fully saturated rings. The average Bonchev–Trinajstić information content (AvgIpc) is 2.63. The Bertz CT molecular complexity index is 616. The van der Waals surface area contributed by atoms with Crippen LogP contribution in [0.1, 0.15) is 39.1 Å². The Morgan fingerprint density at radius 3 is 2.56 bits per heavy atom. The third-order valence-electron chi connectivity index (χ3n) is 3.54. The molecule has 0 aromatic heterocycles. The predicted octanol–water partition coefficient (Wildman–Crippen LogP) is 3.01. The van der Waals surface area contributed by atoms with Crippen LogP contribution in [0.2, 0.25) is 0 Å². The molecule has 0 spiro atoms. The summed E-state index contributed by atoms with van der Waals surface area (Å²) in [6.45, 7) is 1.99. The minimum Gasteiger partial charge on any atom is -0.387 e. The highest BCUT2D eigenvalue weighted by atomic mass is 16.3. The van der Waals surface area contributed by atoms with Crippen molar-refractivity contribution in [2.24, 2.45) is 0 Å². The molecule has 1 aliphatic carbocycles. The Labute approximate surface area is 106 Å². The van der Waals surface area contributed by atoms with E-state index in [0.717, 1.165) is 16.7 Å². The van der Waals surface area contributed by atoms with Crippen molar-refractivity contribution in [1.29, 1.82) is 0 Å². The third-order valence-corrected chi connectivity index (χ3v) is 3.54. The number of rotatable bonds is 1. The molecule has 0 bridgehead atoms. The molecule has 2 aromatic rings. The highest BCUT2D eigenvalue weighted by molar-refractivity contribution is 6.06. The van der Waals surface area contributed by atoms with Gasteiger partial charge < -0.3 is 5.11 Å². The number of carbonyl (C=O) groups is 1. The smallest absolute Gasteiger partial charge is 0.173 e. The van der Waals surface area contributed by atoms with Gasteiger partial charge in [0, 0.05) is 5.56 Å². The van der Waals surface area contributed by atoms with Crippen LogP contribution in [0.25, 0.3) is 0 Å². The van der Waals surface area contributed by atoms with Crippen LogP contribution >= 0.6 is 0 Å². The summed E-state index contributed by atoms with van der Waals surface area (Å²) in [5, 5.41) is 10.3. The van der Waals surface area contributed by atoms with Gasteiger partial charge >= 0.3 is 0 Å². The number of aliphatic hydroxyl groups is 1. The number of hydrogen-bond acceptors (Lipinski definition) is 2. The zero-order valence-electron chi connectivity index (χ0n) is 10.1. The van der Waals surface area contributed by atoms with Crippen molar-refractivity contribution in [2.75, 3.05) is 0 Å². The first-order valence-electron chi connectivity index (χ1n) is 6.06. The standard InChI is InChI=1S/C16H14O2/c1-10-5-4-6-11(9-10)14-15(17)12-7-2-3-8-13(12)16(14)18/h2-9,14-15,17H,1H3. The molecule has 90 valence electrons. The Kier molecular flexibility index (Phi) is 2.53. The first-order chi connectivity index (χ1) is 8.68. The van der Waals surface area contributed by atoms with Crippen molar-refractivity contribution < 1.29 is 9.90 Å². The molecule has 1 N–H and O–H groups in total. The maximum atomic E-state index is 12.4. The second kappa shape index (κ2) is 4.07. The molecule has 0 heterocycles. The molecular weight excluding hydrogens is 224 g/mol. The number of aryl methyl sites for hydroxylation is 1. The summed E-state index contributed by atoms with van der Waals surface area (Å²) >= 11 is 0. The van der Waals surface area contributed by atoms with Crippen molar-refractivity contribution >= 4 is 5.78 Å². The molecule has 0 saturated carbocycles. The average molecular weight is 238 g/mol. The Morgan fingerprint density at radius 1 is 1.06 bits per heavy atom. The largest absolute Gasteiger partial charge is 0.387 e. The zero-order valence-corrected chi connectivity index (χ0v) is 10.1. The van der Waals surface area contributed by atoms with Gasteiger partial charge in [-0.25, -0.2) is 0 Å². The number of ketones is 1. The van der Waals surface area contributed by atoms with Crippen LogP contribution in [-0.2, 0) is 0 Å². The van der Waals surface area contributed by atoms with Crippen LogP contribution in [0, 0.1) is 6.92 Å². The molecule has 0 aliphatic heterocycles. The third kappa shape index (κ3) is 1.57. The number of aliphatic hydroxyl groups excluding tert-OH is 1. The number of fused-ring (bicyclic) bond motifs is 1. The lowest BCUT2D eigenvalue weighted by Gasteiger charge is -2.14. The van der Waals surface area contributed by atoms with Gasteiger partial charge in [0.05, 0.1) is 12.0 Å². The van der Waals surface area contributed by atoms with Gasteiger partial charge in [-0.1, -0.05) is 54.1 Å². The summed E-state index contributed by atoms with van der Waals surface area (Å²) in [5.74, 6) is -0.439. The van der Waals surface area contributed by atoms with Crippen LogP contribution in [0.4, 0.5) is 0 Å². The molecule has 3 rings (SSSR count). The van der Waals surface area contributed by atoms with E-state index < -0.39 is 12.0 Å². The summed E-state index contributed by atoms with van der Waals surface area (Å²) in [6.07, 6.45) is -0.726. The second-order valence-electron chi connectivity index (χ2n) is 4.79. The highest BCUT2D eigenvalue weighted by Gasteiger charge is 2.39. The van der Waals surface area contributed by atoms with E-state index >= 15 is 0 Å². The number of hydrogen-bond donors (Lipinski definition) is 1. The Hall–Kier alpha value is -1.93. The van der Waals surface area contributed by atoms with Crippen molar-refractivity contribution in [3.8, 4) is 0 Å². The summed E-state index contributed by atoms with van der Waals surface area (Å²) in [5.41, 5.74) is 3.39. The molecular formula is C16H14O2. The van der Waals surface area contributed by atoms with E-state index in [2.05, 4.69) is 0 Å². The van der Waals surface area contributed by atoms with E-state index in [4.69, 9.17) is 0 Å². The van der Waals surface area contributed by atoms with Crippen LogP contribution in [0.5, 0.6) is 0 Å². The van der Waals surface area contributed by atoms with Gasteiger partial charge in [-0.3, -0.25) is 4.79 Å². The van der Waals surface area contributed by atoms with Gasteiger partial charge in [0.15, 0.2) is 5.78 Å². The highest BCUT2D eigenvalue weighted by Crippen LogP contribution is 2.42. The molecule has 1 aliphatic rings. The maximum absolute atomic E-state index is 12.4. The Balaban J connectivity index is 2.09. The normalized spacial score (nSPS) is 22.0. The predicted molar refractivity (Wildman–Crippen MR) is 69.7 cm³/mol. The lowest BCUT2D eigenvalue weighted by Crippen LogP contribution is -2.11. The summed E-state index contributed by atoms with van der Waals surface area (Å²) in [4.78, 5) is 12.4. The molecule has 2 unspecified atom stereocenters. The lowest BCUT2D eigenvalue weighted by atomic mass is 9.92.